The quantitative estimate of drug-likeness (QED) is 0.146. The highest BCUT2D eigenvalue weighted by atomic mass is 16.7. The fraction of sp³-hybridized carbons (Fsp3) is 0.958. The van der Waals surface area contributed by atoms with E-state index in [0.717, 1.165) is 32.1 Å². The third-order valence-corrected chi connectivity index (χ3v) is 17.8. The maximum absolute atomic E-state index is 13.0. The van der Waals surface area contributed by atoms with E-state index in [4.69, 9.17) is 47.4 Å². The Balaban J connectivity index is 0.955. The van der Waals surface area contributed by atoms with Crippen molar-refractivity contribution in [2.75, 3.05) is 14.2 Å². The molecule has 23 atom stereocenters. The van der Waals surface area contributed by atoms with E-state index in [-0.39, 0.29) is 54.1 Å². The number of carbonyl (C=O) groups is 2. The summed E-state index contributed by atoms with van der Waals surface area (Å²) in [5.41, 5.74) is -4.42. The summed E-state index contributed by atoms with van der Waals surface area (Å²) in [6.07, 6.45) is -2.11. The van der Waals surface area contributed by atoms with Crippen LogP contribution >= 0.6 is 0 Å². The van der Waals surface area contributed by atoms with Crippen molar-refractivity contribution in [2.45, 2.75) is 243 Å². The second-order valence-electron chi connectivity index (χ2n) is 21.1. The summed E-state index contributed by atoms with van der Waals surface area (Å²) in [7, 11) is 3.18. The van der Waals surface area contributed by atoms with Gasteiger partial charge in [0.15, 0.2) is 18.9 Å². The topological polar surface area (TPSA) is 207 Å². The molecular formula is C48H80O16. The van der Waals surface area contributed by atoms with Crippen LogP contribution < -0.4 is 0 Å². The Morgan fingerprint density at radius 2 is 1.34 bits per heavy atom. The highest BCUT2D eigenvalue weighted by Crippen LogP contribution is 2.71. The van der Waals surface area contributed by atoms with Gasteiger partial charge in [0.2, 0.25) is 0 Å². The van der Waals surface area contributed by atoms with Gasteiger partial charge < -0.3 is 67.8 Å². The van der Waals surface area contributed by atoms with E-state index in [9.17, 15) is 30.0 Å². The van der Waals surface area contributed by atoms with Crippen LogP contribution in [0.3, 0.4) is 0 Å². The summed E-state index contributed by atoms with van der Waals surface area (Å²) in [5, 5.41) is 47.5. The van der Waals surface area contributed by atoms with Gasteiger partial charge in [0.25, 0.3) is 0 Å². The number of methoxy groups -OCH3 is 2. The minimum atomic E-state index is -1.61. The summed E-state index contributed by atoms with van der Waals surface area (Å²) in [4.78, 5) is 25.7. The molecule has 0 spiro atoms. The Morgan fingerprint density at radius 1 is 0.734 bits per heavy atom. The van der Waals surface area contributed by atoms with E-state index in [2.05, 4.69) is 6.92 Å². The molecule has 7 aliphatic rings. The van der Waals surface area contributed by atoms with Gasteiger partial charge in [-0.2, -0.15) is 0 Å². The largest absolute Gasteiger partial charge is 0.462 e. The second-order valence-corrected chi connectivity index (χ2v) is 21.1. The minimum Gasteiger partial charge on any atom is -0.462 e. The lowest BCUT2D eigenvalue weighted by Crippen LogP contribution is -2.72. The zero-order chi connectivity index (χ0) is 46.7. The van der Waals surface area contributed by atoms with Gasteiger partial charge in [-0.1, -0.05) is 27.7 Å². The lowest BCUT2D eigenvalue weighted by molar-refractivity contribution is -0.338. The van der Waals surface area contributed by atoms with Crippen LogP contribution in [0, 0.1) is 34.5 Å². The van der Waals surface area contributed by atoms with Gasteiger partial charge in [0.05, 0.1) is 59.7 Å². The molecule has 3 aliphatic heterocycles. The van der Waals surface area contributed by atoms with Gasteiger partial charge >= 0.3 is 11.9 Å². The fourth-order valence-corrected chi connectivity index (χ4v) is 13.6. The van der Waals surface area contributed by atoms with Crippen molar-refractivity contribution in [1.29, 1.82) is 0 Å². The van der Waals surface area contributed by atoms with Crippen molar-refractivity contribution < 1.29 is 77.4 Å². The Morgan fingerprint density at radius 3 is 1.97 bits per heavy atom. The molecular weight excluding hydrogens is 833 g/mol. The third-order valence-electron chi connectivity index (χ3n) is 17.8. The van der Waals surface area contributed by atoms with Crippen LogP contribution in [0.25, 0.3) is 0 Å². The van der Waals surface area contributed by atoms with Gasteiger partial charge in [0, 0.05) is 40.4 Å². The van der Waals surface area contributed by atoms with Gasteiger partial charge in [-0.15, -0.1) is 0 Å². The predicted octanol–water partition coefficient (Wildman–Crippen LogP) is 4.71. The van der Waals surface area contributed by atoms with Crippen molar-refractivity contribution in [3.8, 4) is 0 Å². The highest BCUT2D eigenvalue weighted by Gasteiger charge is 2.77. The highest BCUT2D eigenvalue weighted by molar-refractivity contribution is 5.72. The molecule has 7 rings (SSSR count). The molecule has 4 saturated carbocycles. The van der Waals surface area contributed by atoms with Crippen LogP contribution in [-0.4, -0.2) is 150 Å². The summed E-state index contributed by atoms with van der Waals surface area (Å²) < 4.78 is 61.4. The molecule has 4 aliphatic carbocycles. The fourth-order valence-electron chi connectivity index (χ4n) is 13.6. The molecule has 0 aromatic heterocycles. The first-order chi connectivity index (χ1) is 30.1. The first-order valence-corrected chi connectivity index (χ1v) is 24.3. The average molecular weight is 913 g/mol. The van der Waals surface area contributed by atoms with E-state index in [1.54, 1.807) is 35.0 Å². The molecule has 0 aromatic rings. The van der Waals surface area contributed by atoms with Gasteiger partial charge in [-0.05, 0) is 109 Å². The molecule has 4 N–H and O–H groups in total. The number of rotatable bonds is 13. The van der Waals surface area contributed by atoms with Gasteiger partial charge in [-0.25, -0.2) is 0 Å². The summed E-state index contributed by atoms with van der Waals surface area (Å²) >= 11 is 0. The van der Waals surface area contributed by atoms with Crippen LogP contribution in [0.2, 0.25) is 0 Å². The zero-order valence-electron chi connectivity index (χ0n) is 40.1. The molecule has 16 nitrogen and oxygen atoms in total. The van der Waals surface area contributed by atoms with E-state index in [1.807, 2.05) is 27.7 Å². The van der Waals surface area contributed by atoms with E-state index in [0.29, 0.717) is 32.1 Å². The summed E-state index contributed by atoms with van der Waals surface area (Å²) in [6, 6.07) is 0. The normalized spacial score (nSPS) is 50.3. The molecule has 368 valence electrons. The number of carbonyl (C=O) groups excluding carboxylic acids is 2. The van der Waals surface area contributed by atoms with Crippen molar-refractivity contribution >= 4 is 11.9 Å². The maximum atomic E-state index is 13.0. The number of aliphatic hydroxyl groups is 4. The first-order valence-electron chi connectivity index (χ1n) is 24.3. The van der Waals surface area contributed by atoms with Crippen LogP contribution in [0.15, 0.2) is 0 Å². The summed E-state index contributed by atoms with van der Waals surface area (Å²) in [5.74, 6) is -1.06. The maximum Gasteiger partial charge on any atom is 0.309 e. The molecule has 3 heterocycles. The number of esters is 2. The Labute approximate surface area is 379 Å². The Hall–Kier alpha value is -1.54. The average Bonchev–Trinajstić information content (AvgIpc) is 3.47. The monoisotopic (exact) mass is 913 g/mol. The minimum absolute atomic E-state index is 0.0197. The smallest absolute Gasteiger partial charge is 0.309 e. The van der Waals surface area contributed by atoms with Crippen molar-refractivity contribution in [3.63, 3.8) is 0 Å². The molecule has 64 heavy (non-hydrogen) atoms. The standard InChI is InChI=1S/C48H80O16/c1-12-24(2)44(52)60-28(6)47(53)17-18-48(54)32-14-13-30-19-31(15-16-45(30,8)33(32)20-37(46(47,48)9)61-29(7)49)62-38-21-34(50)42(26(4)58-38)63-40-23-36(56-11)43(27(5)59-40)64-39-22-35(55-10)41(51)25(3)57-39/h24-28,30-43,50-51,53-54H,12-23H2,1-11H3/t24?,25-,26-,27-,28+,30+,31+,32-,33+,34+,35-,36+,37-,38+,39+,40+,41-,42-,43-,45+,46-,47-,48+/m1/s1. The molecule has 3 saturated heterocycles. The number of hydrogen-bond acceptors (Lipinski definition) is 16. The Kier molecular flexibility index (Phi) is 15.3. The van der Waals surface area contributed by atoms with Gasteiger partial charge in [-0.3, -0.25) is 9.59 Å². The molecule has 0 amide bonds. The third kappa shape index (κ3) is 8.96. The Bertz CT molecular complexity index is 1610. The van der Waals surface area contributed by atoms with Crippen LogP contribution in [0.4, 0.5) is 0 Å². The molecule has 1 unspecified atom stereocenters. The lowest BCUT2D eigenvalue weighted by Gasteiger charge is -2.66. The van der Waals surface area contributed by atoms with E-state index in [1.165, 1.54) is 6.92 Å². The van der Waals surface area contributed by atoms with Crippen LogP contribution in [0.1, 0.15) is 139 Å². The predicted molar refractivity (Wildman–Crippen MR) is 229 cm³/mol. The summed E-state index contributed by atoms with van der Waals surface area (Å²) in [6.45, 7) is 16.5. The lowest BCUT2D eigenvalue weighted by atomic mass is 9.42. The molecule has 0 radical (unpaired) electrons. The molecule has 16 heteroatoms. The van der Waals surface area contributed by atoms with Crippen molar-refractivity contribution in [2.24, 2.45) is 34.5 Å². The number of hydrogen-bond donors (Lipinski definition) is 4. The number of fused-ring (bicyclic) bond motifs is 5. The van der Waals surface area contributed by atoms with Crippen molar-refractivity contribution in [1.82, 2.24) is 0 Å². The first kappa shape index (κ1) is 50.3. The van der Waals surface area contributed by atoms with E-state index >= 15 is 0 Å². The number of aliphatic hydroxyl groups excluding tert-OH is 2. The zero-order valence-corrected chi connectivity index (χ0v) is 40.1. The molecule has 7 fully saturated rings. The number of ether oxygens (including phenoxy) is 10. The second kappa shape index (κ2) is 19.5. The van der Waals surface area contributed by atoms with Crippen LogP contribution in [-0.2, 0) is 57.0 Å². The van der Waals surface area contributed by atoms with Crippen LogP contribution in [0.5, 0.6) is 0 Å². The van der Waals surface area contributed by atoms with Crippen molar-refractivity contribution in [3.05, 3.63) is 0 Å². The van der Waals surface area contributed by atoms with E-state index < -0.39 is 108 Å². The SMILES string of the molecule is CCC(C)C(=O)O[C@@H](C)[C@]1(O)CC[C@]2(O)[C@@H]3CC[C@H]4C[C@@H](O[C@H]5C[C@H](O)[C@H](O[C@H]6C[C@H](OC)[C@H](O[C@H]7C[C@@H](OC)[C@H](O)[C@@H](C)O7)[C@@H](C)O6)[C@@H](C)O5)CC[C@]4(C)[C@H]3C[C@@H](OC(C)=O)[C@]12C. The molecule has 0 aromatic carbocycles. The molecule has 0 bridgehead atoms. The van der Waals surface area contributed by atoms with Gasteiger partial charge in [0.1, 0.15) is 36.1 Å².